The Kier molecular flexibility index (Phi) is 4.04. The molecule has 0 aromatic carbocycles. The molecule has 0 amide bonds. The fourth-order valence-corrected chi connectivity index (χ4v) is 0. The van der Waals surface area contributed by atoms with Crippen LogP contribution in [-0.4, -0.2) is 7.26 Å². The van der Waals surface area contributed by atoms with Crippen molar-refractivity contribution in [2.45, 2.75) is 0 Å². The van der Waals surface area contributed by atoms with Crippen molar-refractivity contribution >= 4 is 34.5 Å². The SMILES string of the molecule is [2H]I(Cl)PC. The van der Waals surface area contributed by atoms with Crippen molar-refractivity contribution in [3.05, 3.63) is 0 Å². The van der Waals surface area contributed by atoms with E-state index in [1.54, 1.807) is 0 Å². The van der Waals surface area contributed by atoms with E-state index in [1.165, 1.54) is 0 Å². The first-order chi connectivity index (χ1) is 2.27. The summed E-state index contributed by atoms with van der Waals surface area (Å²) in [7, 11) is 5.30. The number of halogens is 2. The standard InChI is InChI=1S/CH5ClIP/c1-4-3-2/h3-4H,1H3/i3D. The van der Waals surface area contributed by atoms with E-state index in [0.29, 0.717) is 6.22 Å². The van der Waals surface area contributed by atoms with Gasteiger partial charge in [0.2, 0.25) is 0 Å². The van der Waals surface area contributed by atoms with Crippen LogP contribution in [0.1, 0.15) is 0 Å². The number of hydrogen-bond acceptors (Lipinski definition) is 0. The molecule has 0 aliphatic carbocycles. The summed E-state index contributed by atoms with van der Waals surface area (Å²) in [6.45, 7) is 1.98. The van der Waals surface area contributed by atoms with E-state index in [-0.39, 0.29) is 0 Å². The molecule has 0 fully saturated rings. The Morgan fingerprint density at radius 1 is 2.50 bits per heavy atom. The van der Waals surface area contributed by atoms with Gasteiger partial charge >= 0.3 is 41.7 Å². The fourth-order valence-electron chi connectivity index (χ4n) is 0. The van der Waals surface area contributed by atoms with E-state index in [2.05, 4.69) is 0 Å². The molecule has 3 heteroatoms. The molecule has 0 aliphatic heterocycles. The van der Waals surface area contributed by atoms with Crippen LogP contribution >= 0.6 is 34.5 Å². The summed E-state index contributed by atoms with van der Waals surface area (Å²) in [4.78, 5) is 0. The van der Waals surface area contributed by atoms with Crippen LogP contribution in [0.3, 0.4) is 0 Å². The molecule has 0 aromatic heterocycles. The molecule has 0 bridgehead atoms. The van der Waals surface area contributed by atoms with Gasteiger partial charge in [-0.25, -0.2) is 0 Å². The Bertz CT molecular complexity index is 25.6. The van der Waals surface area contributed by atoms with Crippen LogP contribution in [0.25, 0.3) is 0 Å². The Hall–Kier alpha value is 1.45. The quantitative estimate of drug-likeness (QED) is 0.460. The molecular weight excluding hydrogens is 205 g/mol. The minimum absolute atomic E-state index is 0.703. The maximum atomic E-state index is 6.76. The van der Waals surface area contributed by atoms with Gasteiger partial charge in [-0.15, -0.1) is 0 Å². The van der Waals surface area contributed by atoms with Crippen molar-refractivity contribution in [2.24, 2.45) is 0 Å². The summed E-state index contributed by atoms with van der Waals surface area (Å²) in [6, 6.07) is 0. The monoisotopic (exact) mass is 211 g/mol. The Labute approximate surface area is 41.9 Å². The summed E-state index contributed by atoms with van der Waals surface area (Å²) in [5, 5.41) is 0. The molecule has 0 spiro atoms. The average molecular weight is 211 g/mol. The third kappa shape index (κ3) is 3.45. The van der Waals surface area contributed by atoms with Crippen LogP contribution in [0.5, 0.6) is 0 Å². The van der Waals surface area contributed by atoms with Gasteiger partial charge in [-0.05, 0) is 0 Å². The Morgan fingerprint density at radius 2 is 2.75 bits per heavy atom. The second-order valence-electron chi connectivity index (χ2n) is 0.260. The Morgan fingerprint density at radius 3 is 2.75 bits per heavy atom. The van der Waals surface area contributed by atoms with Gasteiger partial charge in [0.25, 0.3) is 0 Å². The number of hydrogen-bond donors (Lipinski definition) is 0. The molecule has 0 heterocycles. The summed E-state index contributed by atoms with van der Waals surface area (Å²) >= 11 is -1.53. The summed E-state index contributed by atoms with van der Waals surface area (Å²) in [6.07, 6.45) is 0.703. The molecule has 0 saturated carbocycles. The second kappa shape index (κ2) is 4.45. The van der Waals surface area contributed by atoms with E-state index < -0.39 is 19.3 Å². The van der Waals surface area contributed by atoms with E-state index in [0.717, 1.165) is 0 Å². The molecule has 0 radical (unpaired) electrons. The molecule has 0 aromatic rings. The summed E-state index contributed by atoms with van der Waals surface area (Å²) in [5.74, 6) is 0. The molecule has 1 unspecified atom stereocenters. The van der Waals surface area contributed by atoms with Crippen molar-refractivity contribution < 1.29 is 0 Å². The van der Waals surface area contributed by atoms with Crippen LogP contribution < -0.4 is 0 Å². The van der Waals surface area contributed by atoms with Gasteiger partial charge in [0, 0.05) is 0 Å². The van der Waals surface area contributed by atoms with E-state index in [1.807, 2.05) is 6.66 Å². The van der Waals surface area contributed by atoms with Gasteiger partial charge in [-0.1, -0.05) is 0 Å². The van der Waals surface area contributed by atoms with Gasteiger partial charge in [0.05, 0.1) is 0 Å². The second-order valence-corrected chi connectivity index (χ2v) is 8.12. The van der Waals surface area contributed by atoms with Crippen molar-refractivity contribution in [1.29, 1.82) is 0.594 Å². The van der Waals surface area contributed by atoms with Gasteiger partial charge < -0.3 is 0 Å². The molecule has 0 rings (SSSR count). The van der Waals surface area contributed by atoms with Crippen molar-refractivity contribution in [3.8, 4) is 0 Å². The van der Waals surface area contributed by atoms with Gasteiger partial charge in [0.15, 0.2) is 0 Å². The zero-order valence-corrected chi connectivity index (χ0v) is 6.17. The zero-order valence-electron chi connectivity index (χ0n) is 3.26. The van der Waals surface area contributed by atoms with Crippen LogP contribution in [0, 0.1) is 0 Å². The van der Waals surface area contributed by atoms with Gasteiger partial charge in [-0.2, -0.15) is 0 Å². The van der Waals surface area contributed by atoms with Crippen LogP contribution in [-0.2, 0) is 0 Å². The third-order valence-corrected chi connectivity index (χ3v) is 4.31. The maximum absolute atomic E-state index is 6.76. The van der Waals surface area contributed by atoms with E-state index in [9.17, 15) is 0 Å². The van der Waals surface area contributed by atoms with Gasteiger partial charge in [0.1, 0.15) is 0 Å². The first kappa shape index (κ1) is 3.63. The molecule has 0 saturated heterocycles. The molecular formula is CH5ClIP. The molecule has 28 valence electrons. The third-order valence-electron chi connectivity index (χ3n) is 0.0714. The first-order valence-corrected chi connectivity index (χ1v) is 8.18. The topological polar surface area (TPSA) is 0 Å². The van der Waals surface area contributed by atoms with Crippen LogP contribution in [0.2, 0.25) is 0 Å². The fraction of sp³-hybridized carbons (Fsp3) is 1.00. The van der Waals surface area contributed by atoms with E-state index >= 15 is 0 Å². The van der Waals surface area contributed by atoms with Crippen molar-refractivity contribution in [3.63, 3.8) is 0 Å². The zero-order chi connectivity index (χ0) is 4.28. The predicted molar refractivity (Wildman–Crippen MR) is 35.5 cm³/mol. The molecule has 4 heavy (non-hydrogen) atoms. The summed E-state index contributed by atoms with van der Waals surface area (Å²) < 4.78 is 6.76. The molecule has 0 nitrogen and oxygen atoms in total. The van der Waals surface area contributed by atoms with Crippen LogP contribution in [0.4, 0.5) is 0 Å². The average Bonchev–Trinajstić information content (AvgIpc) is 1.38. The Balaban J connectivity index is 2.54. The van der Waals surface area contributed by atoms with Crippen molar-refractivity contribution in [1.82, 2.24) is 0 Å². The van der Waals surface area contributed by atoms with Gasteiger partial charge in [-0.3, -0.25) is 0 Å². The predicted octanol–water partition coefficient (Wildman–Crippen LogP) is 2.07. The number of rotatable bonds is 1. The molecule has 0 aliphatic rings. The van der Waals surface area contributed by atoms with E-state index in [4.69, 9.17) is 9.50 Å². The van der Waals surface area contributed by atoms with Crippen molar-refractivity contribution in [2.75, 3.05) is 6.66 Å². The normalized spacial score (nSPS) is 17.5. The minimum atomic E-state index is -1.53. The summed E-state index contributed by atoms with van der Waals surface area (Å²) in [5.41, 5.74) is 0. The molecule has 1 atom stereocenters. The first-order valence-electron chi connectivity index (χ1n) is 1.21. The van der Waals surface area contributed by atoms with Crippen LogP contribution in [0.15, 0.2) is 0 Å². The molecule has 0 N–H and O–H groups in total.